The summed E-state index contributed by atoms with van der Waals surface area (Å²) in [6.45, 7) is 1.98. The summed E-state index contributed by atoms with van der Waals surface area (Å²) in [5, 5.41) is 12.9. The molecular formula is C21H26N4OS. The Morgan fingerprint density at radius 2 is 2.00 bits per heavy atom. The molecule has 1 N–H and O–H groups in total. The number of carbonyl (C=O) groups excluding carboxylic acids is 1. The fourth-order valence-corrected chi connectivity index (χ4v) is 5.00. The number of aryl methyl sites for hydroxylation is 1. The Kier molecular flexibility index (Phi) is 4.46. The Morgan fingerprint density at radius 1 is 1.19 bits per heavy atom. The van der Waals surface area contributed by atoms with Crippen molar-refractivity contribution in [1.82, 2.24) is 20.1 Å². The number of hydrogen-bond donors (Lipinski definition) is 1. The highest BCUT2D eigenvalue weighted by atomic mass is 32.2. The zero-order valence-electron chi connectivity index (χ0n) is 15.7. The van der Waals surface area contributed by atoms with Crippen LogP contribution in [0.5, 0.6) is 0 Å². The first-order valence-corrected chi connectivity index (χ1v) is 11.1. The van der Waals surface area contributed by atoms with Gasteiger partial charge in [0.25, 0.3) is 0 Å². The fraction of sp³-hybridized carbons (Fsp3) is 0.571. The van der Waals surface area contributed by atoms with E-state index in [1.807, 2.05) is 6.92 Å². The Bertz CT molecular complexity index is 856. The van der Waals surface area contributed by atoms with Gasteiger partial charge in [0.15, 0.2) is 5.16 Å². The third-order valence-corrected chi connectivity index (χ3v) is 6.94. The molecule has 0 aliphatic heterocycles. The molecule has 3 aliphatic carbocycles. The number of thioether (sulfide) groups is 1. The van der Waals surface area contributed by atoms with Crippen molar-refractivity contribution < 1.29 is 4.79 Å². The van der Waals surface area contributed by atoms with Gasteiger partial charge in [-0.05, 0) is 63.0 Å². The lowest BCUT2D eigenvalue weighted by atomic mass is 9.88. The number of benzene rings is 1. The molecular weight excluding hydrogens is 356 g/mol. The molecule has 3 aliphatic rings. The molecule has 1 amide bonds. The van der Waals surface area contributed by atoms with Gasteiger partial charge in [0.2, 0.25) is 5.91 Å². The Hall–Kier alpha value is -1.82. The van der Waals surface area contributed by atoms with Gasteiger partial charge in [-0.15, -0.1) is 10.2 Å². The summed E-state index contributed by atoms with van der Waals surface area (Å²) in [6.07, 6.45) is 8.14. The molecule has 5 nitrogen and oxygen atoms in total. The smallest absolute Gasteiger partial charge is 0.233 e. The van der Waals surface area contributed by atoms with E-state index in [9.17, 15) is 4.79 Å². The van der Waals surface area contributed by atoms with E-state index in [4.69, 9.17) is 0 Å². The predicted octanol–water partition coefficient (Wildman–Crippen LogP) is 4.16. The van der Waals surface area contributed by atoms with Crippen molar-refractivity contribution in [2.45, 2.75) is 80.3 Å². The van der Waals surface area contributed by atoms with Crippen LogP contribution in [0.15, 0.2) is 29.4 Å². The Balaban J connectivity index is 1.28. The molecule has 2 atom stereocenters. The number of fused-ring (bicyclic) bond motifs is 1. The number of rotatable bonds is 6. The van der Waals surface area contributed by atoms with Gasteiger partial charge in [-0.25, -0.2) is 0 Å². The normalized spacial score (nSPS) is 22.9. The maximum atomic E-state index is 12.9. The molecule has 0 spiro atoms. The van der Waals surface area contributed by atoms with Crippen LogP contribution in [0.4, 0.5) is 0 Å². The third-order valence-electron chi connectivity index (χ3n) is 5.88. The van der Waals surface area contributed by atoms with Crippen LogP contribution < -0.4 is 5.32 Å². The maximum absolute atomic E-state index is 12.9. The van der Waals surface area contributed by atoms with E-state index >= 15 is 0 Å². The number of carbonyl (C=O) groups is 1. The van der Waals surface area contributed by atoms with Gasteiger partial charge < -0.3 is 9.88 Å². The number of nitrogens with one attached hydrogen (secondary N) is 1. The second-order valence-corrected chi connectivity index (χ2v) is 9.44. The second kappa shape index (κ2) is 6.97. The molecule has 142 valence electrons. The van der Waals surface area contributed by atoms with Gasteiger partial charge in [0.05, 0.1) is 11.3 Å². The lowest BCUT2D eigenvalue weighted by molar-refractivity contribution is -0.121. The topological polar surface area (TPSA) is 59.8 Å². The van der Waals surface area contributed by atoms with Gasteiger partial charge in [0, 0.05) is 12.0 Å². The molecule has 2 aromatic rings. The molecule has 1 aromatic carbocycles. The van der Waals surface area contributed by atoms with E-state index in [0.717, 1.165) is 30.2 Å². The van der Waals surface area contributed by atoms with E-state index in [1.165, 1.54) is 36.8 Å². The zero-order chi connectivity index (χ0) is 18.4. The summed E-state index contributed by atoms with van der Waals surface area (Å²) in [5.41, 5.74) is 2.66. The molecule has 2 saturated carbocycles. The van der Waals surface area contributed by atoms with Gasteiger partial charge in [-0.2, -0.15) is 0 Å². The van der Waals surface area contributed by atoms with E-state index in [1.54, 1.807) is 11.8 Å². The van der Waals surface area contributed by atoms with E-state index in [0.29, 0.717) is 12.0 Å². The number of amides is 1. The van der Waals surface area contributed by atoms with Gasteiger partial charge in [-0.3, -0.25) is 4.79 Å². The summed E-state index contributed by atoms with van der Waals surface area (Å²) in [4.78, 5) is 12.9. The SMILES string of the molecule is C[C@H](Sc1nnc(C2CC2)n1C1CC1)C(=O)N[C@H]1CCCc2ccccc21. The minimum absolute atomic E-state index is 0.0972. The average Bonchev–Trinajstić information content (AvgIpc) is 3.61. The van der Waals surface area contributed by atoms with Crippen LogP contribution in [0.3, 0.4) is 0 Å². The third kappa shape index (κ3) is 3.51. The highest BCUT2D eigenvalue weighted by Gasteiger charge is 2.37. The largest absolute Gasteiger partial charge is 0.348 e. The Labute approximate surface area is 164 Å². The predicted molar refractivity (Wildman–Crippen MR) is 106 cm³/mol. The number of nitrogens with zero attached hydrogens (tertiary/aromatic N) is 3. The molecule has 0 bridgehead atoms. The van der Waals surface area contributed by atoms with E-state index < -0.39 is 0 Å². The molecule has 27 heavy (non-hydrogen) atoms. The minimum atomic E-state index is -0.173. The second-order valence-electron chi connectivity index (χ2n) is 8.13. The molecule has 0 unspecified atom stereocenters. The molecule has 0 saturated heterocycles. The standard InChI is InChI=1S/C21H26N4OS/c1-13(20(26)22-18-8-4-6-14-5-2-3-7-17(14)18)27-21-24-23-19(15-9-10-15)25(21)16-11-12-16/h2-3,5,7,13,15-16,18H,4,6,8-12H2,1H3,(H,22,26)/t13-,18-/m0/s1. The first kappa shape index (κ1) is 17.3. The highest BCUT2D eigenvalue weighted by Crippen LogP contribution is 2.46. The lowest BCUT2D eigenvalue weighted by Gasteiger charge is -2.27. The lowest BCUT2D eigenvalue weighted by Crippen LogP contribution is -2.36. The summed E-state index contributed by atoms with van der Waals surface area (Å²) in [5.74, 6) is 1.84. The van der Waals surface area contributed by atoms with Crippen LogP contribution >= 0.6 is 11.8 Å². The van der Waals surface area contributed by atoms with Crippen molar-refractivity contribution in [1.29, 1.82) is 0 Å². The van der Waals surface area contributed by atoms with Crippen LogP contribution in [0.25, 0.3) is 0 Å². The van der Waals surface area contributed by atoms with Crippen LogP contribution in [-0.2, 0) is 11.2 Å². The van der Waals surface area contributed by atoms with Crippen molar-refractivity contribution in [2.24, 2.45) is 0 Å². The molecule has 1 aromatic heterocycles. The average molecular weight is 383 g/mol. The van der Waals surface area contributed by atoms with Crippen LogP contribution in [-0.4, -0.2) is 25.9 Å². The quantitative estimate of drug-likeness (QED) is 0.762. The van der Waals surface area contributed by atoms with Crippen LogP contribution in [0.2, 0.25) is 0 Å². The van der Waals surface area contributed by atoms with Crippen LogP contribution in [0, 0.1) is 0 Å². The molecule has 5 rings (SSSR count). The van der Waals surface area contributed by atoms with Gasteiger partial charge in [-0.1, -0.05) is 36.0 Å². The summed E-state index contributed by atoms with van der Waals surface area (Å²) in [6, 6.07) is 9.18. The minimum Gasteiger partial charge on any atom is -0.348 e. The van der Waals surface area contributed by atoms with Crippen molar-refractivity contribution in [2.75, 3.05) is 0 Å². The van der Waals surface area contributed by atoms with Crippen LogP contribution in [0.1, 0.15) is 80.4 Å². The maximum Gasteiger partial charge on any atom is 0.233 e. The zero-order valence-corrected chi connectivity index (χ0v) is 16.5. The molecule has 0 radical (unpaired) electrons. The molecule has 1 heterocycles. The first-order chi connectivity index (χ1) is 13.2. The Morgan fingerprint density at radius 3 is 2.78 bits per heavy atom. The van der Waals surface area contributed by atoms with E-state index in [2.05, 4.69) is 44.3 Å². The van der Waals surface area contributed by atoms with Gasteiger partial charge in [0.1, 0.15) is 5.82 Å². The number of hydrogen-bond acceptors (Lipinski definition) is 4. The van der Waals surface area contributed by atoms with Crippen molar-refractivity contribution in [3.8, 4) is 0 Å². The van der Waals surface area contributed by atoms with Crippen molar-refractivity contribution in [3.63, 3.8) is 0 Å². The number of aromatic nitrogens is 3. The molecule has 2 fully saturated rings. The fourth-order valence-electron chi connectivity index (χ4n) is 4.07. The highest BCUT2D eigenvalue weighted by molar-refractivity contribution is 8.00. The summed E-state index contributed by atoms with van der Waals surface area (Å²) in [7, 11) is 0. The summed E-state index contributed by atoms with van der Waals surface area (Å²) < 4.78 is 2.32. The van der Waals surface area contributed by atoms with Crippen molar-refractivity contribution in [3.05, 3.63) is 41.2 Å². The van der Waals surface area contributed by atoms with E-state index in [-0.39, 0.29) is 17.2 Å². The van der Waals surface area contributed by atoms with Gasteiger partial charge >= 0.3 is 0 Å². The monoisotopic (exact) mass is 382 g/mol. The summed E-state index contributed by atoms with van der Waals surface area (Å²) >= 11 is 1.56. The first-order valence-electron chi connectivity index (χ1n) is 10.2. The molecule has 6 heteroatoms. The van der Waals surface area contributed by atoms with Crippen molar-refractivity contribution >= 4 is 17.7 Å².